The van der Waals surface area contributed by atoms with Gasteiger partial charge in [0.1, 0.15) is 0 Å². The molecular formula is C6H9ClO. The van der Waals surface area contributed by atoms with Gasteiger partial charge in [0.25, 0.3) is 0 Å². The molecule has 46 valence electrons. The Kier molecular flexibility index (Phi) is 1.92. The van der Waals surface area contributed by atoms with Crippen LogP contribution in [0.2, 0.25) is 0 Å². The van der Waals surface area contributed by atoms with E-state index in [9.17, 15) is 0 Å². The van der Waals surface area contributed by atoms with Crippen molar-refractivity contribution in [1.82, 2.24) is 0 Å². The number of hydrogen-bond acceptors (Lipinski definition) is 1. The minimum absolute atomic E-state index is 0.224. The van der Waals surface area contributed by atoms with Gasteiger partial charge < -0.3 is 4.74 Å². The predicted molar refractivity (Wildman–Crippen MR) is 34.0 cm³/mol. The number of halogens is 1. The molecule has 0 fully saturated rings. The van der Waals surface area contributed by atoms with Gasteiger partial charge in [-0.1, -0.05) is 17.7 Å². The smallest absolute Gasteiger partial charge is 0.0961 e. The number of hydrogen-bond donors (Lipinski definition) is 0. The van der Waals surface area contributed by atoms with Crippen molar-refractivity contribution in [3.8, 4) is 0 Å². The van der Waals surface area contributed by atoms with E-state index in [-0.39, 0.29) is 6.10 Å². The Balaban J connectivity index is 2.22. The van der Waals surface area contributed by atoms with Crippen LogP contribution in [0, 0.1) is 0 Å². The van der Waals surface area contributed by atoms with Crippen molar-refractivity contribution in [2.24, 2.45) is 0 Å². The van der Waals surface area contributed by atoms with Gasteiger partial charge in [-0.05, 0) is 13.3 Å². The van der Waals surface area contributed by atoms with Crippen molar-refractivity contribution in [2.45, 2.75) is 19.4 Å². The second-order valence-corrected chi connectivity index (χ2v) is 2.21. The largest absolute Gasteiger partial charge is 0.373 e. The van der Waals surface area contributed by atoms with E-state index < -0.39 is 0 Å². The maximum atomic E-state index is 5.63. The molecule has 1 aliphatic carbocycles. The standard InChI is InChI=1S/C6H9ClO/c1-2-8-6-4-3-5(6)7/h3,6H,2,4H2,1H3. The highest BCUT2D eigenvalue weighted by Gasteiger charge is 2.18. The lowest BCUT2D eigenvalue weighted by Gasteiger charge is -2.21. The Labute approximate surface area is 54.3 Å². The molecule has 1 rings (SSSR count). The van der Waals surface area contributed by atoms with E-state index in [0.717, 1.165) is 18.1 Å². The fourth-order valence-corrected chi connectivity index (χ4v) is 0.893. The monoisotopic (exact) mass is 132 g/mol. The second kappa shape index (κ2) is 2.51. The van der Waals surface area contributed by atoms with Crippen LogP contribution in [0.5, 0.6) is 0 Å². The zero-order chi connectivity index (χ0) is 5.98. The Hall–Kier alpha value is -0.0100. The second-order valence-electron chi connectivity index (χ2n) is 1.77. The molecule has 1 atom stereocenters. The van der Waals surface area contributed by atoms with E-state index in [0.29, 0.717) is 0 Å². The normalized spacial score (nSPS) is 26.8. The minimum atomic E-state index is 0.224. The van der Waals surface area contributed by atoms with Crippen LogP contribution in [0.15, 0.2) is 11.1 Å². The first kappa shape index (κ1) is 6.12. The SMILES string of the molecule is CCOC1CC=C1Cl. The summed E-state index contributed by atoms with van der Waals surface area (Å²) in [6.45, 7) is 2.73. The zero-order valence-electron chi connectivity index (χ0n) is 4.86. The quantitative estimate of drug-likeness (QED) is 0.558. The molecule has 8 heavy (non-hydrogen) atoms. The number of ether oxygens (including phenoxy) is 1. The van der Waals surface area contributed by atoms with E-state index in [1.165, 1.54) is 0 Å². The molecule has 1 unspecified atom stereocenters. The number of rotatable bonds is 2. The summed E-state index contributed by atoms with van der Waals surface area (Å²) >= 11 is 5.63. The Morgan fingerprint density at radius 3 is 2.88 bits per heavy atom. The van der Waals surface area contributed by atoms with Gasteiger partial charge in [0, 0.05) is 11.6 Å². The lowest BCUT2D eigenvalue weighted by atomic mass is 10.1. The van der Waals surface area contributed by atoms with Crippen molar-refractivity contribution >= 4 is 11.6 Å². The Morgan fingerprint density at radius 1 is 2.00 bits per heavy atom. The van der Waals surface area contributed by atoms with Gasteiger partial charge in [0.05, 0.1) is 6.10 Å². The van der Waals surface area contributed by atoms with Gasteiger partial charge in [0.2, 0.25) is 0 Å². The maximum Gasteiger partial charge on any atom is 0.0961 e. The van der Waals surface area contributed by atoms with Crippen LogP contribution in [0.25, 0.3) is 0 Å². The molecule has 2 heteroatoms. The van der Waals surface area contributed by atoms with Crippen LogP contribution >= 0.6 is 11.6 Å². The average Bonchev–Trinajstić information content (AvgIpc) is 1.79. The van der Waals surface area contributed by atoms with Crippen molar-refractivity contribution in [3.63, 3.8) is 0 Å². The van der Waals surface area contributed by atoms with Crippen LogP contribution < -0.4 is 0 Å². The average molecular weight is 133 g/mol. The van der Waals surface area contributed by atoms with E-state index >= 15 is 0 Å². The van der Waals surface area contributed by atoms with Gasteiger partial charge in [0.15, 0.2) is 0 Å². The van der Waals surface area contributed by atoms with E-state index in [2.05, 4.69) is 0 Å². The molecule has 0 N–H and O–H groups in total. The molecule has 0 bridgehead atoms. The molecule has 0 amide bonds. The summed E-state index contributed by atoms with van der Waals surface area (Å²) in [5.74, 6) is 0. The summed E-state index contributed by atoms with van der Waals surface area (Å²) in [4.78, 5) is 0. The van der Waals surface area contributed by atoms with Gasteiger partial charge in [-0.3, -0.25) is 0 Å². The van der Waals surface area contributed by atoms with Gasteiger partial charge in [-0.15, -0.1) is 0 Å². The fraction of sp³-hybridized carbons (Fsp3) is 0.667. The summed E-state index contributed by atoms with van der Waals surface area (Å²) in [5, 5.41) is 0.867. The highest BCUT2D eigenvalue weighted by molar-refractivity contribution is 6.30. The highest BCUT2D eigenvalue weighted by atomic mass is 35.5. The summed E-state index contributed by atoms with van der Waals surface area (Å²) in [6, 6.07) is 0. The third kappa shape index (κ3) is 1.04. The van der Waals surface area contributed by atoms with Crippen molar-refractivity contribution < 1.29 is 4.74 Å². The van der Waals surface area contributed by atoms with E-state index in [4.69, 9.17) is 16.3 Å². The molecule has 0 aromatic rings. The van der Waals surface area contributed by atoms with Crippen LogP contribution in [0.1, 0.15) is 13.3 Å². The summed E-state index contributed by atoms with van der Waals surface area (Å²) in [5.41, 5.74) is 0. The highest BCUT2D eigenvalue weighted by Crippen LogP contribution is 2.25. The Bertz CT molecular complexity index is 109. The van der Waals surface area contributed by atoms with Crippen LogP contribution in [-0.2, 0) is 4.74 Å². The third-order valence-corrected chi connectivity index (χ3v) is 1.60. The van der Waals surface area contributed by atoms with E-state index in [1.54, 1.807) is 0 Å². The molecule has 0 aromatic heterocycles. The molecule has 0 radical (unpaired) electrons. The molecule has 1 nitrogen and oxygen atoms in total. The molecule has 0 spiro atoms. The first-order valence-electron chi connectivity index (χ1n) is 2.81. The molecule has 0 saturated heterocycles. The zero-order valence-corrected chi connectivity index (χ0v) is 5.61. The van der Waals surface area contributed by atoms with E-state index in [1.807, 2.05) is 13.0 Å². The molecule has 0 heterocycles. The molecule has 0 saturated carbocycles. The van der Waals surface area contributed by atoms with Crippen LogP contribution in [0.4, 0.5) is 0 Å². The summed E-state index contributed by atoms with van der Waals surface area (Å²) in [7, 11) is 0. The van der Waals surface area contributed by atoms with Crippen molar-refractivity contribution in [3.05, 3.63) is 11.1 Å². The lowest BCUT2D eigenvalue weighted by Crippen LogP contribution is -2.18. The van der Waals surface area contributed by atoms with Gasteiger partial charge in [-0.2, -0.15) is 0 Å². The maximum absolute atomic E-state index is 5.63. The summed E-state index contributed by atoms with van der Waals surface area (Å²) < 4.78 is 5.19. The molecule has 1 aliphatic rings. The molecule has 0 aromatic carbocycles. The van der Waals surface area contributed by atoms with Crippen molar-refractivity contribution in [1.29, 1.82) is 0 Å². The topological polar surface area (TPSA) is 9.23 Å². The van der Waals surface area contributed by atoms with Crippen molar-refractivity contribution in [2.75, 3.05) is 6.61 Å². The fourth-order valence-electron chi connectivity index (χ4n) is 0.652. The minimum Gasteiger partial charge on any atom is -0.373 e. The van der Waals surface area contributed by atoms with Crippen LogP contribution in [-0.4, -0.2) is 12.7 Å². The molecular weight excluding hydrogens is 124 g/mol. The predicted octanol–water partition coefficient (Wildman–Crippen LogP) is 1.92. The van der Waals surface area contributed by atoms with Gasteiger partial charge in [-0.25, -0.2) is 0 Å². The lowest BCUT2D eigenvalue weighted by molar-refractivity contribution is 0.0838. The third-order valence-electron chi connectivity index (χ3n) is 1.20. The van der Waals surface area contributed by atoms with Crippen LogP contribution in [0.3, 0.4) is 0 Å². The van der Waals surface area contributed by atoms with Gasteiger partial charge >= 0.3 is 0 Å². The Morgan fingerprint density at radius 2 is 2.75 bits per heavy atom. The first-order chi connectivity index (χ1) is 3.84. The summed E-state index contributed by atoms with van der Waals surface area (Å²) in [6.07, 6.45) is 3.19. The molecule has 0 aliphatic heterocycles. The first-order valence-corrected chi connectivity index (χ1v) is 3.19.